The van der Waals surface area contributed by atoms with E-state index in [2.05, 4.69) is 4.99 Å². The zero-order valence-electron chi connectivity index (χ0n) is 9.75. The van der Waals surface area contributed by atoms with Crippen molar-refractivity contribution in [3.8, 4) is 5.75 Å². The number of hydrogen-bond acceptors (Lipinski definition) is 3. The molecule has 0 radical (unpaired) electrons. The summed E-state index contributed by atoms with van der Waals surface area (Å²) < 4.78 is 0.753. The number of carboxylic acid groups (broad SMARTS) is 1. The second kappa shape index (κ2) is 5.83. The molecule has 2 aromatic rings. The highest BCUT2D eigenvalue weighted by Crippen LogP contribution is 2.20. The summed E-state index contributed by atoms with van der Waals surface area (Å²) in [5.41, 5.74) is 1.77. The van der Waals surface area contributed by atoms with E-state index in [0.717, 1.165) is 9.13 Å². The molecule has 0 spiro atoms. The molecule has 96 valence electrons. The first-order valence-electron chi connectivity index (χ1n) is 5.42. The number of aromatic carboxylic acids is 1. The predicted octanol–water partition coefficient (Wildman–Crippen LogP) is 3.45. The van der Waals surface area contributed by atoms with E-state index in [-0.39, 0.29) is 11.3 Å². The van der Waals surface area contributed by atoms with Gasteiger partial charge in [-0.05, 0) is 70.6 Å². The van der Waals surface area contributed by atoms with Gasteiger partial charge in [-0.25, -0.2) is 4.79 Å². The quantitative estimate of drug-likeness (QED) is 0.645. The molecule has 5 heteroatoms. The molecule has 4 nitrogen and oxygen atoms in total. The lowest BCUT2D eigenvalue weighted by atomic mass is 10.2. The van der Waals surface area contributed by atoms with E-state index in [0.29, 0.717) is 5.69 Å². The van der Waals surface area contributed by atoms with Crippen molar-refractivity contribution < 1.29 is 15.0 Å². The molecule has 0 aliphatic heterocycles. The van der Waals surface area contributed by atoms with E-state index in [9.17, 15) is 9.90 Å². The van der Waals surface area contributed by atoms with Crippen molar-refractivity contribution in [3.05, 3.63) is 57.2 Å². The average molecular weight is 367 g/mol. The van der Waals surface area contributed by atoms with Gasteiger partial charge in [0, 0.05) is 6.21 Å². The highest BCUT2D eigenvalue weighted by Gasteiger charge is 2.01. The normalized spacial score (nSPS) is 10.8. The summed E-state index contributed by atoms with van der Waals surface area (Å²) in [6.45, 7) is 0. The first-order valence-corrected chi connectivity index (χ1v) is 6.50. The van der Waals surface area contributed by atoms with E-state index in [1.54, 1.807) is 30.5 Å². The number of carbonyl (C=O) groups is 1. The number of halogens is 1. The molecule has 0 saturated heterocycles. The first-order chi connectivity index (χ1) is 9.06. The molecule has 0 saturated carbocycles. The molecule has 0 atom stereocenters. The fraction of sp³-hybridized carbons (Fsp3) is 0. The van der Waals surface area contributed by atoms with Crippen LogP contribution in [0.15, 0.2) is 47.5 Å². The maximum atomic E-state index is 10.7. The van der Waals surface area contributed by atoms with Crippen LogP contribution in [0.25, 0.3) is 0 Å². The van der Waals surface area contributed by atoms with Crippen molar-refractivity contribution in [3.63, 3.8) is 0 Å². The van der Waals surface area contributed by atoms with Gasteiger partial charge in [0.15, 0.2) is 0 Å². The number of nitrogens with zero attached hydrogens (tertiary/aromatic N) is 1. The number of aromatic hydroxyl groups is 1. The summed E-state index contributed by atoms with van der Waals surface area (Å²) >= 11 is 2.04. The van der Waals surface area contributed by atoms with Crippen molar-refractivity contribution in [2.24, 2.45) is 4.99 Å². The van der Waals surface area contributed by atoms with Gasteiger partial charge in [-0.3, -0.25) is 4.99 Å². The molecule has 0 amide bonds. The molecule has 0 aliphatic rings. The van der Waals surface area contributed by atoms with Crippen molar-refractivity contribution in [1.29, 1.82) is 0 Å². The fourth-order valence-corrected chi connectivity index (χ4v) is 1.98. The lowest BCUT2D eigenvalue weighted by Crippen LogP contribution is -1.94. The molecule has 19 heavy (non-hydrogen) atoms. The van der Waals surface area contributed by atoms with Gasteiger partial charge in [-0.1, -0.05) is 0 Å². The summed E-state index contributed by atoms with van der Waals surface area (Å²) in [7, 11) is 0. The molecule has 0 aromatic heterocycles. The maximum Gasteiger partial charge on any atom is 0.335 e. The van der Waals surface area contributed by atoms with Crippen molar-refractivity contribution in [1.82, 2.24) is 0 Å². The zero-order valence-corrected chi connectivity index (χ0v) is 11.9. The molecule has 2 N–H and O–H groups in total. The highest BCUT2D eigenvalue weighted by atomic mass is 127. The van der Waals surface area contributed by atoms with Crippen molar-refractivity contribution in [2.75, 3.05) is 0 Å². The molecule has 2 rings (SSSR count). The Morgan fingerprint density at radius 3 is 2.42 bits per heavy atom. The predicted molar refractivity (Wildman–Crippen MR) is 81.5 cm³/mol. The van der Waals surface area contributed by atoms with Gasteiger partial charge >= 0.3 is 5.97 Å². The van der Waals surface area contributed by atoms with Crippen LogP contribution in [-0.2, 0) is 0 Å². The molecular weight excluding hydrogens is 357 g/mol. The minimum atomic E-state index is -0.955. The Labute approximate surface area is 123 Å². The highest BCUT2D eigenvalue weighted by molar-refractivity contribution is 14.1. The summed E-state index contributed by atoms with van der Waals surface area (Å²) in [4.78, 5) is 14.9. The minimum Gasteiger partial charge on any atom is -0.507 e. The Balaban J connectivity index is 2.17. The van der Waals surface area contributed by atoms with Gasteiger partial charge in [0.2, 0.25) is 0 Å². The van der Waals surface area contributed by atoms with Gasteiger partial charge in [0.05, 0.1) is 14.8 Å². The molecule has 0 heterocycles. The Morgan fingerprint density at radius 1 is 1.16 bits per heavy atom. The van der Waals surface area contributed by atoms with Crippen LogP contribution in [0.3, 0.4) is 0 Å². The van der Waals surface area contributed by atoms with Gasteiger partial charge in [0.1, 0.15) is 5.75 Å². The van der Waals surface area contributed by atoms with Crippen LogP contribution in [0.1, 0.15) is 15.9 Å². The topological polar surface area (TPSA) is 69.9 Å². The Hall–Kier alpha value is -1.89. The first kappa shape index (κ1) is 13.5. The van der Waals surface area contributed by atoms with E-state index >= 15 is 0 Å². The number of carboxylic acids is 1. The van der Waals surface area contributed by atoms with Crippen LogP contribution in [-0.4, -0.2) is 22.4 Å². The van der Waals surface area contributed by atoms with Crippen LogP contribution < -0.4 is 0 Å². The number of benzene rings is 2. The average Bonchev–Trinajstić information content (AvgIpc) is 2.40. The number of hydrogen-bond donors (Lipinski definition) is 2. The number of phenols is 1. The van der Waals surface area contributed by atoms with Gasteiger partial charge in [-0.2, -0.15) is 0 Å². The van der Waals surface area contributed by atoms with E-state index in [4.69, 9.17) is 5.11 Å². The molecule has 2 aromatic carbocycles. The maximum absolute atomic E-state index is 10.7. The van der Waals surface area contributed by atoms with Crippen LogP contribution in [0.2, 0.25) is 0 Å². The lowest BCUT2D eigenvalue weighted by molar-refractivity contribution is 0.0697. The summed E-state index contributed by atoms with van der Waals surface area (Å²) in [5, 5.41) is 18.2. The SMILES string of the molecule is O=C(O)c1ccc(N=Cc2ccc(O)c(I)c2)cc1. The van der Waals surface area contributed by atoms with E-state index in [1.807, 2.05) is 28.7 Å². The molecule has 0 aliphatic carbocycles. The van der Waals surface area contributed by atoms with Crippen LogP contribution in [0.5, 0.6) is 5.75 Å². The second-order valence-corrected chi connectivity index (χ2v) is 4.98. The smallest absolute Gasteiger partial charge is 0.335 e. The summed E-state index contributed by atoms with van der Waals surface area (Å²) in [6, 6.07) is 11.5. The van der Waals surface area contributed by atoms with Crippen LogP contribution in [0.4, 0.5) is 5.69 Å². The number of rotatable bonds is 3. The van der Waals surface area contributed by atoms with E-state index < -0.39 is 5.97 Å². The van der Waals surface area contributed by atoms with Gasteiger partial charge in [0.25, 0.3) is 0 Å². The Kier molecular flexibility index (Phi) is 4.16. The lowest BCUT2D eigenvalue weighted by Gasteiger charge is -1.99. The minimum absolute atomic E-state index is 0.234. The van der Waals surface area contributed by atoms with E-state index in [1.165, 1.54) is 12.1 Å². The molecular formula is C14H10INO3. The Bertz CT molecular complexity index is 636. The summed E-state index contributed by atoms with van der Waals surface area (Å²) in [6.07, 6.45) is 1.66. The number of phenolic OH excluding ortho intramolecular Hbond substituents is 1. The molecule has 0 bridgehead atoms. The Morgan fingerprint density at radius 2 is 1.84 bits per heavy atom. The fourth-order valence-electron chi connectivity index (χ4n) is 1.44. The van der Waals surface area contributed by atoms with Crippen LogP contribution >= 0.6 is 22.6 Å². The van der Waals surface area contributed by atoms with Gasteiger partial charge < -0.3 is 10.2 Å². The third-order valence-electron chi connectivity index (χ3n) is 2.45. The molecule has 0 fully saturated rings. The zero-order chi connectivity index (χ0) is 13.8. The van der Waals surface area contributed by atoms with Crippen molar-refractivity contribution in [2.45, 2.75) is 0 Å². The number of aliphatic imine (C=N–C) groups is 1. The van der Waals surface area contributed by atoms with Crippen molar-refractivity contribution >= 4 is 40.5 Å². The third kappa shape index (κ3) is 3.54. The van der Waals surface area contributed by atoms with Crippen LogP contribution in [0, 0.1) is 3.57 Å². The third-order valence-corrected chi connectivity index (χ3v) is 3.31. The second-order valence-electron chi connectivity index (χ2n) is 3.82. The molecule has 0 unspecified atom stereocenters. The van der Waals surface area contributed by atoms with Gasteiger partial charge in [-0.15, -0.1) is 0 Å². The monoisotopic (exact) mass is 367 g/mol. The largest absolute Gasteiger partial charge is 0.507 e. The summed E-state index contributed by atoms with van der Waals surface area (Å²) in [5.74, 6) is -0.716. The standard InChI is InChI=1S/C14H10INO3/c15-12-7-9(1-6-13(12)17)8-16-11-4-2-10(3-5-11)14(18)19/h1-8,17H,(H,18,19).